The monoisotopic (exact) mass is 394 g/mol. The number of hydrogen-bond acceptors (Lipinski definition) is 8. The molecule has 1 aromatic heterocycles. The summed E-state index contributed by atoms with van der Waals surface area (Å²) >= 11 is 1.49. The van der Waals surface area contributed by atoms with Crippen LogP contribution < -0.4 is 5.32 Å². The Morgan fingerprint density at radius 2 is 2.19 bits per heavy atom. The Labute approximate surface area is 160 Å². The van der Waals surface area contributed by atoms with Gasteiger partial charge in [-0.2, -0.15) is 0 Å². The first-order valence-electron chi connectivity index (χ1n) is 8.46. The molecule has 1 unspecified atom stereocenters. The van der Waals surface area contributed by atoms with Gasteiger partial charge in [-0.25, -0.2) is 9.78 Å². The van der Waals surface area contributed by atoms with Crippen LogP contribution in [0.3, 0.4) is 0 Å². The standard InChI is InChI=1S/C17H22N4O5S/c1-9(22)25-7-10-8-27-14-11(20-16-18-5-6-19-16)13(23)21(14)12(10)15(24)26-17(2,3)4/h5-6,11,14H,7-8H2,1-4H3,(H2,18,19,20)/t11?,14-/m0/s1. The van der Waals surface area contributed by atoms with E-state index in [1.165, 1.54) is 23.6 Å². The predicted octanol–water partition coefficient (Wildman–Crippen LogP) is 1.26. The Morgan fingerprint density at radius 3 is 2.78 bits per heavy atom. The van der Waals surface area contributed by atoms with Crippen LogP contribution in [-0.4, -0.2) is 62.1 Å². The molecule has 0 aliphatic carbocycles. The van der Waals surface area contributed by atoms with E-state index in [0.717, 1.165) is 0 Å². The van der Waals surface area contributed by atoms with Gasteiger partial charge in [0.25, 0.3) is 5.91 Å². The van der Waals surface area contributed by atoms with Crippen LogP contribution in [0, 0.1) is 0 Å². The molecule has 146 valence electrons. The van der Waals surface area contributed by atoms with Crippen molar-refractivity contribution in [3.05, 3.63) is 23.7 Å². The molecule has 3 heterocycles. The minimum absolute atomic E-state index is 0.0519. The van der Waals surface area contributed by atoms with Crippen molar-refractivity contribution in [3.63, 3.8) is 0 Å². The van der Waals surface area contributed by atoms with Crippen molar-refractivity contribution < 1.29 is 23.9 Å². The number of fused-ring (bicyclic) bond motifs is 1. The van der Waals surface area contributed by atoms with Gasteiger partial charge < -0.3 is 19.8 Å². The van der Waals surface area contributed by atoms with Gasteiger partial charge >= 0.3 is 11.9 Å². The first-order valence-corrected chi connectivity index (χ1v) is 9.51. The molecular weight excluding hydrogens is 372 g/mol. The quantitative estimate of drug-likeness (QED) is 0.567. The number of thioether (sulfide) groups is 1. The predicted molar refractivity (Wildman–Crippen MR) is 98.6 cm³/mol. The summed E-state index contributed by atoms with van der Waals surface area (Å²) in [6.07, 6.45) is 3.24. The molecule has 1 amide bonds. The second kappa shape index (κ2) is 7.26. The molecule has 0 saturated carbocycles. The highest BCUT2D eigenvalue weighted by atomic mass is 32.2. The summed E-state index contributed by atoms with van der Waals surface area (Å²) in [5, 5.41) is 2.77. The van der Waals surface area contributed by atoms with Gasteiger partial charge in [0.15, 0.2) is 0 Å². The van der Waals surface area contributed by atoms with Gasteiger partial charge in [0, 0.05) is 30.6 Å². The first-order chi connectivity index (χ1) is 12.7. The molecule has 1 fully saturated rings. The molecule has 0 spiro atoms. The summed E-state index contributed by atoms with van der Waals surface area (Å²) in [6, 6.07) is -0.506. The number of aromatic amines is 1. The minimum atomic E-state index is -0.712. The van der Waals surface area contributed by atoms with E-state index in [9.17, 15) is 14.4 Å². The van der Waals surface area contributed by atoms with Crippen molar-refractivity contribution in [1.29, 1.82) is 0 Å². The highest BCUT2D eigenvalue weighted by molar-refractivity contribution is 8.00. The largest absolute Gasteiger partial charge is 0.461 e. The summed E-state index contributed by atoms with van der Waals surface area (Å²) in [5.74, 6) is -0.371. The van der Waals surface area contributed by atoms with E-state index in [1.54, 1.807) is 33.2 Å². The van der Waals surface area contributed by atoms with Crippen LogP contribution in [0.15, 0.2) is 23.7 Å². The van der Waals surface area contributed by atoms with Gasteiger partial charge in [-0.15, -0.1) is 11.8 Å². The lowest BCUT2D eigenvalue weighted by molar-refractivity contribution is -0.157. The molecule has 0 bridgehead atoms. The number of nitrogens with zero attached hydrogens (tertiary/aromatic N) is 2. The second-order valence-corrected chi connectivity index (χ2v) is 8.31. The number of aromatic nitrogens is 2. The van der Waals surface area contributed by atoms with Crippen LogP contribution in [0.5, 0.6) is 0 Å². The molecule has 2 N–H and O–H groups in total. The van der Waals surface area contributed by atoms with Gasteiger partial charge in [-0.1, -0.05) is 0 Å². The van der Waals surface area contributed by atoms with Gasteiger partial charge in [-0.3, -0.25) is 14.5 Å². The Hall–Kier alpha value is -2.49. The molecule has 3 rings (SSSR count). The summed E-state index contributed by atoms with van der Waals surface area (Å²) in [7, 11) is 0. The minimum Gasteiger partial charge on any atom is -0.461 e. The van der Waals surface area contributed by atoms with E-state index in [0.29, 0.717) is 17.3 Å². The summed E-state index contributed by atoms with van der Waals surface area (Å²) < 4.78 is 10.5. The summed E-state index contributed by atoms with van der Waals surface area (Å²) in [4.78, 5) is 45.1. The van der Waals surface area contributed by atoms with E-state index >= 15 is 0 Å². The third-order valence-corrected chi connectivity index (χ3v) is 5.22. The lowest BCUT2D eigenvalue weighted by atomic mass is 10.0. The Morgan fingerprint density at radius 1 is 1.44 bits per heavy atom. The number of esters is 2. The van der Waals surface area contributed by atoms with Gasteiger partial charge in [0.2, 0.25) is 5.95 Å². The SMILES string of the molecule is CC(=O)OCC1=C(C(=O)OC(C)(C)C)N2C(=O)C(Nc3ncc[nH]3)[C@@H]2SC1. The fourth-order valence-electron chi connectivity index (χ4n) is 2.79. The molecular formula is C17H22N4O5S. The zero-order valence-electron chi connectivity index (χ0n) is 15.6. The van der Waals surface area contributed by atoms with Crippen LogP contribution >= 0.6 is 11.8 Å². The van der Waals surface area contributed by atoms with Gasteiger partial charge in [0.05, 0.1) is 0 Å². The van der Waals surface area contributed by atoms with E-state index < -0.39 is 23.6 Å². The van der Waals surface area contributed by atoms with Crippen LogP contribution in [0.4, 0.5) is 5.95 Å². The van der Waals surface area contributed by atoms with Crippen LogP contribution in [-0.2, 0) is 23.9 Å². The number of ether oxygens (including phenoxy) is 2. The maximum Gasteiger partial charge on any atom is 0.355 e. The van der Waals surface area contributed by atoms with Crippen molar-refractivity contribution in [2.75, 3.05) is 17.7 Å². The molecule has 1 aromatic rings. The van der Waals surface area contributed by atoms with E-state index in [-0.39, 0.29) is 23.6 Å². The van der Waals surface area contributed by atoms with Crippen molar-refractivity contribution in [3.8, 4) is 0 Å². The normalized spacial score (nSPS) is 22.1. The van der Waals surface area contributed by atoms with Crippen LogP contribution in [0.2, 0.25) is 0 Å². The van der Waals surface area contributed by atoms with Crippen LogP contribution in [0.25, 0.3) is 0 Å². The van der Waals surface area contributed by atoms with Crippen molar-refractivity contribution in [2.45, 2.75) is 44.7 Å². The van der Waals surface area contributed by atoms with E-state index in [1.807, 2.05) is 0 Å². The number of rotatable bonds is 5. The number of nitrogens with one attached hydrogen (secondary N) is 2. The molecule has 9 nitrogen and oxygen atoms in total. The van der Waals surface area contributed by atoms with Crippen molar-refractivity contribution in [2.24, 2.45) is 0 Å². The third kappa shape index (κ3) is 4.10. The highest BCUT2D eigenvalue weighted by Crippen LogP contribution is 2.41. The molecule has 2 aliphatic rings. The first kappa shape index (κ1) is 19.3. The topological polar surface area (TPSA) is 114 Å². The number of carbonyl (C=O) groups excluding carboxylic acids is 3. The molecule has 2 atom stereocenters. The maximum absolute atomic E-state index is 12.8. The lowest BCUT2D eigenvalue weighted by Gasteiger charge is -2.49. The molecule has 0 radical (unpaired) electrons. The second-order valence-electron chi connectivity index (χ2n) is 7.20. The average molecular weight is 394 g/mol. The molecule has 27 heavy (non-hydrogen) atoms. The summed E-state index contributed by atoms with van der Waals surface area (Å²) in [6.45, 7) is 6.51. The number of amides is 1. The van der Waals surface area contributed by atoms with E-state index in [2.05, 4.69) is 15.3 Å². The van der Waals surface area contributed by atoms with Gasteiger partial charge in [0.1, 0.15) is 29.3 Å². The third-order valence-electron chi connectivity index (χ3n) is 3.88. The molecule has 1 saturated heterocycles. The number of H-pyrrole nitrogens is 1. The number of hydrogen-bond donors (Lipinski definition) is 2. The number of imidazole rings is 1. The number of carbonyl (C=O) groups is 3. The molecule has 0 aromatic carbocycles. The lowest BCUT2D eigenvalue weighted by Crippen LogP contribution is -2.68. The number of anilines is 1. The Kier molecular flexibility index (Phi) is 5.18. The highest BCUT2D eigenvalue weighted by Gasteiger charge is 2.54. The Balaban J connectivity index is 1.84. The summed E-state index contributed by atoms with van der Waals surface area (Å²) in [5.41, 5.74) is 0.0131. The fraction of sp³-hybridized carbons (Fsp3) is 0.529. The van der Waals surface area contributed by atoms with Crippen LogP contribution in [0.1, 0.15) is 27.7 Å². The van der Waals surface area contributed by atoms with Crippen molar-refractivity contribution >= 4 is 35.6 Å². The maximum atomic E-state index is 12.8. The zero-order valence-corrected chi connectivity index (χ0v) is 16.4. The Bertz CT molecular complexity index is 784. The molecule has 10 heteroatoms. The number of β-lactam (4-membered cyclic amide) rings is 1. The smallest absolute Gasteiger partial charge is 0.355 e. The van der Waals surface area contributed by atoms with E-state index in [4.69, 9.17) is 9.47 Å². The molecule has 2 aliphatic heterocycles. The van der Waals surface area contributed by atoms with Crippen molar-refractivity contribution in [1.82, 2.24) is 14.9 Å². The zero-order chi connectivity index (χ0) is 19.8. The van der Waals surface area contributed by atoms with Gasteiger partial charge in [-0.05, 0) is 20.8 Å². The fourth-order valence-corrected chi connectivity index (χ4v) is 4.12. The average Bonchev–Trinajstić information content (AvgIpc) is 3.08.